The van der Waals surface area contributed by atoms with Crippen molar-refractivity contribution < 1.29 is 0 Å². The second-order valence-corrected chi connectivity index (χ2v) is 2.70. The van der Waals surface area contributed by atoms with Crippen LogP contribution in [0.2, 0.25) is 0 Å². The van der Waals surface area contributed by atoms with Gasteiger partial charge >= 0.3 is 0 Å². The van der Waals surface area contributed by atoms with Gasteiger partial charge in [-0.15, -0.1) is 0 Å². The first-order chi connectivity index (χ1) is 6.29. The fraction of sp³-hybridized carbons (Fsp3) is 0.400. The largest absolute Gasteiger partial charge is 0.261 e. The average molecular weight is 177 g/mol. The van der Waals surface area contributed by atoms with E-state index in [0.29, 0.717) is 0 Å². The summed E-state index contributed by atoms with van der Waals surface area (Å²) in [6, 6.07) is 0. The van der Waals surface area contributed by atoms with E-state index in [1.807, 2.05) is 26.2 Å². The number of nitrogens with zero attached hydrogens (tertiary/aromatic N) is 2. The summed E-state index contributed by atoms with van der Waals surface area (Å²) in [5, 5.41) is 7.86. The lowest BCUT2D eigenvalue weighted by Gasteiger charge is -1.97. The van der Waals surface area contributed by atoms with Gasteiger partial charge in [0, 0.05) is 11.6 Å². The summed E-state index contributed by atoms with van der Waals surface area (Å²) in [4.78, 5) is 4.18. The van der Waals surface area contributed by atoms with Crippen LogP contribution in [-0.4, -0.2) is 15.2 Å². The molecule has 0 radical (unpaired) electrons. The number of rotatable bonds is 0. The lowest BCUT2D eigenvalue weighted by Crippen LogP contribution is -1.84. The minimum atomic E-state index is 0.869. The van der Waals surface area contributed by atoms with E-state index in [-0.39, 0.29) is 0 Å². The van der Waals surface area contributed by atoms with Crippen molar-refractivity contribution in [1.29, 1.82) is 0 Å². The van der Waals surface area contributed by atoms with Crippen molar-refractivity contribution in [1.82, 2.24) is 15.2 Å². The Labute approximate surface area is 78.2 Å². The Hall–Kier alpha value is -1.38. The normalized spacial score (nSPS) is 9.54. The molecule has 1 N–H and O–H groups in total. The van der Waals surface area contributed by atoms with Crippen molar-refractivity contribution in [2.24, 2.45) is 0 Å². The summed E-state index contributed by atoms with van der Waals surface area (Å²) >= 11 is 0. The molecule has 0 spiro atoms. The molecule has 0 unspecified atom stereocenters. The van der Waals surface area contributed by atoms with Crippen molar-refractivity contribution in [3.63, 3.8) is 0 Å². The summed E-state index contributed by atoms with van der Waals surface area (Å²) in [6.45, 7) is 8.13. The first-order valence-electron chi connectivity index (χ1n) is 4.54. The van der Waals surface area contributed by atoms with Crippen LogP contribution in [0.25, 0.3) is 11.0 Å². The van der Waals surface area contributed by atoms with Gasteiger partial charge in [-0.2, -0.15) is 5.10 Å². The summed E-state index contributed by atoms with van der Waals surface area (Å²) in [5.74, 6) is 0. The minimum Gasteiger partial charge on any atom is -0.261 e. The number of pyridine rings is 1. The van der Waals surface area contributed by atoms with E-state index in [9.17, 15) is 0 Å². The Kier molecular flexibility index (Phi) is 3.01. The number of aryl methyl sites for hydroxylation is 2. The van der Waals surface area contributed by atoms with Crippen molar-refractivity contribution in [3.05, 3.63) is 23.5 Å². The fourth-order valence-corrected chi connectivity index (χ4v) is 1.12. The van der Waals surface area contributed by atoms with Crippen LogP contribution < -0.4 is 0 Å². The van der Waals surface area contributed by atoms with Crippen LogP contribution in [0.5, 0.6) is 0 Å². The highest BCUT2D eigenvalue weighted by atomic mass is 15.1. The van der Waals surface area contributed by atoms with Crippen molar-refractivity contribution >= 4 is 11.0 Å². The molecule has 13 heavy (non-hydrogen) atoms. The zero-order chi connectivity index (χ0) is 9.84. The van der Waals surface area contributed by atoms with Crippen LogP contribution in [0.1, 0.15) is 25.0 Å². The number of aromatic amines is 1. The van der Waals surface area contributed by atoms with Gasteiger partial charge in [0.1, 0.15) is 0 Å². The Morgan fingerprint density at radius 3 is 2.54 bits per heavy atom. The van der Waals surface area contributed by atoms with Gasteiger partial charge in [0.2, 0.25) is 0 Å². The Morgan fingerprint density at radius 1 is 1.15 bits per heavy atom. The molecule has 3 heteroatoms. The Balaban J connectivity index is 0.000000396. The second kappa shape index (κ2) is 4.03. The van der Waals surface area contributed by atoms with Crippen molar-refractivity contribution in [3.8, 4) is 0 Å². The van der Waals surface area contributed by atoms with E-state index in [1.165, 1.54) is 11.1 Å². The Morgan fingerprint density at radius 2 is 1.85 bits per heavy atom. The van der Waals surface area contributed by atoms with Crippen LogP contribution >= 0.6 is 0 Å². The monoisotopic (exact) mass is 177 g/mol. The minimum absolute atomic E-state index is 0.869. The van der Waals surface area contributed by atoms with E-state index in [2.05, 4.69) is 29.0 Å². The van der Waals surface area contributed by atoms with Gasteiger partial charge in [-0.3, -0.25) is 5.10 Å². The lowest BCUT2D eigenvalue weighted by atomic mass is 10.1. The van der Waals surface area contributed by atoms with E-state index in [0.717, 1.165) is 11.0 Å². The highest BCUT2D eigenvalue weighted by molar-refractivity contribution is 5.78. The quantitative estimate of drug-likeness (QED) is 0.672. The molecule has 2 aromatic rings. The second-order valence-electron chi connectivity index (χ2n) is 2.70. The van der Waals surface area contributed by atoms with Crippen LogP contribution in [0.4, 0.5) is 0 Å². The molecule has 0 saturated heterocycles. The van der Waals surface area contributed by atoms with Crippen LogP contribution in [0.15, 0.2) is 12.4 Å². The van der Waals surface area contributed by atoms with Crippen LogP contribution in [0.3, 0.4) is 0 Å². The maximum atomic E-state index is 4.18. The molecule has 2 heterocycles. The van der Waals surface area contributed by atoms with Crippen molar-refractivity contribution in [2.75, 3.05) is 0 Å². The van der Waals surface area contributed by atoms with E-state index < -0.39 is 0 Å². The van der Waals surface area contributed by atoms with Crippen LogP contribution in [-0.2, 0) is 0 Å². The standard InChI is InChI=1S/C8H9N3.C2H6/c1-5-3-9-8-7(6(5)2)4-10-11-8;1-2/h3-4H,1-2H3,(H,9,10,11);1-2H3. The van der Waals surface area contributed by atoms with E-state index >= 15 is 0 Å². The summed E-state index contributed by atoms with van der Waals surface area (Å²) in [6.07, 6.45) is 3.67. The van der Waals surface area contributed by atoms with Gasteiger partial charge < -0.3 is 0 Å². The number of nitrogens with one attached hydrogen (secondary N) is 1. The van der Waals surface area contributed by atoms with Gasteiger partial charge in [-0.05, 0) is 25.0 Å². The van der Waals surface area contributed by atoms with Gasteiger partial charge in [0.25, 0.3) is 0 Å². The molecule has 0 aliphatic rings. The van der Waals surface area contributed by atoms with E-state index in [1.54, 1.807) is 0 Å². The number of H-pyrrole nitrogens is 1. The molecule has 0 aliphatic heterocycles. The van der Waals surface area contributed by atoms with E-state index in [4.69, 9.17) is 0 Å². The van der Waals surface area contributed by atoms with Gasteiger partial charge in [-0.25, -0.2) is 4.98 Å². The fourth-order valence-electron chi connectivity index (χ4n) is 1.12. The summed E-state index contributed by atoms with van der Waals surface area (Å²) < 4.78 is 0. The zero-order valence-electron chi connectivity index (χ0n) is 8.55. The molecule has 0 aromatic carbocycles. The number of hydrogen-bond acceptors (Lipinski definition) is 2. The predicted octanol–water partition coefficient (Wildman–Crippen LogP) is 2.60. The first kappa shape index (κ1) is 9.71. The maximum Gasteiger partial charge on any atom is 0.155 e. The topological polar surface area (TPSA) is 41.6 Å². The summed E-state index contributed by atoms with van der Waals surface area (Å²) in [5.41, 5.74) is 3.33. The molecule has 2 aromatic heterocycles. The number of aromatic nitrogens is 3. The SMILES string of the molecule is CC.Cc1cnc2[nH]ncc2c1C. The molecule has 70 valence electrons. The molecule has 3 nitrogen and oxygen atoms in total. The third kappa shape index (κ3) is 1.69. The van der Waals surface area contributed by atoms with Crippen molar-refractivity contribution in [2.45, 2.75) is 27.7 Å². The average Bonchev–Trinajstić information content (AvgIpc) is 2.63. The lowest BCUT2D eigenvalue weighted by molar-refractivity contribution is 1.09. The molecule has 0 aliphatic carbocycles. The molecule has 0 saturated carbocycles. The molecular formula is C10H15N3. The third-order valence-corrected chi connectivity index (χ3v) is 2.00. The molecule has 0 atom stereocenters. The first-order valence-corrected chi connectivity index (χ1v) is 4.54. The molecule has 2 rings (SSSR count). The molecule has 0 amide bonds. The smallest absolute Gasteiger partial charge is 0.155 e. The highest BCUT2D eigenvalue weighted by Gasteiger charge is 2.01. The molecular weight excluding hydrogens is 162 g/mol. The maximum absolute atomic E-state index is 4.18. The zero-order valence-corrected chi connectivity index (χ0v) is 8.55. The third-order valence-electron chi connectivity index (χ3n) is 2.00. The highest BCUT2D eigenvalue weighted by Crippen LogP contribution is 2.15. The predicted molar refractivity (Wildman–Crippen MR) is 54.7 cm³/mol. The molecule has 0 bridgehead atoms. The van der Waals surface area contributed by atoms with Gasteiger partial charge in [0.15, 0.2) is 5.65 Å². The van der Waals surface area contributed by atoms with Crippen LogP contribution in [0, 0.1) is 13.8 Å². The van der Waals surface area contributed by atoms with Gasteiger partial charge in [-0.1, -0.05) is 13.8 Å². The van der Waals surface area contributed by atoms with Gasteiger partial charge in [0.05, 0.1) is 6.20 Å². The molecule has 0 fully saturated rings. The summed E-state index contributed by atoms with van der Waals surface area (Å²) in [7, 11) is 0. The Bertz CT molecular complexity index is 390. The number of hydrogen-bond donors (Lipinski definition) is 1. The number of fused-ring (bicyclic) bond motifs is 1.